The van der Waals surface area contributed by atoms with E-state index in [1.165, 1.54) is 10.1 Å². The van der Waals surface area contributed by atoms with E-state index in [-0.39, 0.29) is 12.3 Å². The molecule has 0 atom stereocenters. The fraction of sp³-hybridized carbons (Fsp3) is 0.227. The van der Waals surface area contributed by atoms with Crippen molar-refractivity contribution in [3.63, 3.8) is 0 Å². The van der Waals surface area contributed by atoms with Crippen LogP contribution in [0.2, 0.25) is 0 Å². The Morgan fingerprint density at radius 1 is 1.14 bits per heavy atom. The molecule has 4 aromatic rings. The lowest BCUT2D eigenvalue weighted by Gasteiger charge is -2.04. The molecule has 1 amide bonds. The first kappa shape index (κ1) is 18.7. The number of nitrogens with one attached hydrogen (secondary N) is 1. The van der Waals surface area contributed by atoms with Gasteiger partial charge in [-0.1, -0.05) is 19.1 Å². The van der Waals surface area contributed by atoms with E-state index in [9.17, 15) is 9.59 Å². The van der Waals surface area contributed by atoms with E-state index in [1.54, 1.807) is 32.2 Å². The molecule has 0 aliphatic heterocycles. The number of amides is 1. The number of hydrogen-bond donors (Lipinski definition) is 1. The second-order valence-electron chi connectivity index (χ2n) is 6.91. The average Bonchev–Trinajstić information content (AvgIpc) is 3.21. The molecule has 0 spiro atoms. The van der Waals surface area contributed by atoms with E-state index in [0.29, 0.717) is 34.1 Å². The Bertz CT molecular complexity index is 1250. The summed E-state index contributed by atoms with van der Waals surface area (Å²) in [5.41, 5.74) is 4.38. The molecule has 2 aromatic heterocycles. The Morgan fingerprint density at radius 3 is 2.62 bits per heavy atom. The maximum Gasteiger partial charge on any atom is 0.419 e. The van der Waals surface area contributed by atoms with E-state index >= 15 is 0 Å². The van der Waals surface area contributed by atoms with Gasteiger partial charge in [0.2, 0.25) is 11.8 Å². The lowest BCUT2D eigenvalue weighted by Crippen LogP contribution is -2.15. The van der Waals surface area contributed by atoms with Crippen LogP contribution >= 0.6 is 0 Å². The van der Waals surface area contributed by atoms with Crippen LogP contribution in [-0.2, 0) is 24.7 Å². The van der Waals surface area contributed by atoms with Gasteiger partial charge in [-0.3, -0.25) is 9.36 Å². The number of nitrogens with zero attached hydrogens (tertiary/aromatic N) is 2. The van der Waals surface area contributed by atoms with Crippen molar-refractivity contribution in [2.75, 3.05) is 5.32 Å². The number of fused-ring (bicyclic) bond motifs is 1. The Labute approximate surface area is 167 Å². The molecule has 0 saturated carbocycles. The van der Waals surface area contributed by atoms with Crippen LogP contribution < -0.4 is 11.1 Å². The highest BCUT2D eigenvalue weighted by Gasteiger charge is 2.15. The lowest BCUT2D eigenvalue weighted by atomic mass is 10.1. The van der Waals surface area contributed by atoms with Crippen molar-refractivity contribution in [2.45, 2.75) is 26.7 Å². The van der Waals surface area contributed by atoms with E-state index < -0.39 is 5.76 Å². The Morgan fingerprint density at radius 2 is 1.90 bits per heavy atom. The van der Waals surface area contributed by atoms with E-state index in [4.69, 9.17) is 8.83 Å². The van der Waals surface area contributed by atoms with Crippen LogP contribution in [0.3, 0.4) is 0 Å². The molecule has 0 saturated heterocycles. The molecule has 7 nitrogen and oxygen atoms in total. The molecule has 0 fully saturated rings. The van der Waals surface area contributed by atoms with Gasteiger partial charge >= 0.3 is 5.76 Å². The second kappa shape index (κ2) is 7.43. The van der Waals surface area contributed by atoms with Gasteiger partial charge in [0, 0.05) is 18.3 Å². The summed E-state index contributed by atoms with van der Waals surface area (Å²) in [4.78, 5) is 28.6. The zero-order chi connectivity index (χ0) is 20.5. The summed E-state index contributed by atoms with van der Waals surface area (Å²) in [6, 6.07) is 13.1. The molecule has 29 heavy (non-hydrogen) atoms. The van der Waals surface area contributed by atoms with Gasteiger partial charge in [0.05, 0.1) is 17.6 Å². The van der Waals surface area contributed by atoms with Gasteiger partial charge in [0.1, 0.15) is 5.76 Å². The third-order valence-electron chi connectivity index (χ3n) is 4.90. The number of hydrogen-bond acceptors (Lipinski definition) is 5. The van der Waals surface area contributed by atoms with Crippen molar-refractivity contribution in [1.29, 1.82) is 0 Å². The van der Waals surface area contributed by atoms with E-state index in [1.807, 2.05) is 24.3 Å². The first-order chi connectivity index (χ1) is 13.9. The molecule has 2 aromatic carbocycles. The standard InChI is InChI=1S/C22H21N3O4/c1-4-14-5-7-15(8-6-14)21-24-17(13(2)28-21)12-20(26)23-16-9-10-19-18(11-16)25(3)22(27)29-19/h5-11H,4,12H2,1-3H3,(H,23,26). The number of oxazole rings is 2. The zero-order valence-electron chi connectivity index (χ0n) is 16.5. The first-order valence-corrected chi connectivity index (χ1v) is 9.39. The van der Waals surface area contributed by atoms with Gasteiger partial charge in [-0.05, 0) is 49.2 Å². The highest BCUT2D eigenvalue weighted by atomic mass is 16.4. The SMILES string of the molecule is CCc1ccc(-c2nc(CC(=O)Nc3ccc4oc(=O)n(C)c4c3)c(C)o2)cc1. The molecule has 0 bridgehead atoms. The lowest BCUT2D eigenvalue weighted by molar-refractivity contribution is -0.115. The molecule has 4 rings (SSSR count). The molecule has 2 heterocycles. The predicted molar refractivity (Wildman–Crippen MR) is 110 cm³/mol. The third-order valence-corrected chi connectivity index (χ3v) is 4.90. The Hall–Kier alpha value is -3.61. The molecule has 148 valence electrons. The summed E-state index contributed by atoms with van der Waals surface area (Å²) in [7, 11) is 1.62. The van der Waals surface area contributed by atoms with Crippen LogP contribution in [0.5, 0.6) is 0 Å². The summed E-state index contributed by atoms with van der Waals surface area (Å²) in [6.07, 6.45) is 1.06. The second-order valence-corrected chi connectivity index (χ2v) is 6.91. The molecule has 0 aliphatic carbocycles. The van der Waals surface area contributed by atoms with Crippen LogP contribution in [0.1, 0.15) is 23.9 Å². The number of rotatable bonds is 5. The Balaban J connectivity index is 1.50. The largest absolute Gasteiger partial charge is 0.441 e. The summed E-state index contributed by atoms with van der Waals surface area (Å²) < 4.78 is 12.3. The van der Waals surface area contributed by atoms with Crippen LogP contribution in [0, 0.1) is 6.92 Å². The molecule has 0 unspecified atom stereocenters. The first-order valence-electron chi connectivity index (χ1n) is 9.39. The van der Waals surface area contributed by atoms with Gasteiger partial charge in [0.25, 0.3) is 0 Å². The maximum atomic E-state index is 12.5. The van der Waals surface area contributed by atoms with E-state index in [2.05, 4.69) is 17.2 Å². The average molecular weight is 391 g/mol. The zero-order valence-corrected chi connectivity index (χ0v) is 16.5. The number of aryl methyl sites for hydroxylation is 3. The van der Waals surface area contributed by atoms with Crippen molar-refractivity contribution in [3.8, 4) is 11.5 Å². The van der Waals surface area contributed by atoms with Crippen LogP contribution in [-0.4, -0.2) is 15.5 Å². The molecule has 0 radical (unpaired) electrons. The predicted octanol–water partition coefficient (Wildman–Crippen LogP) is 3.84. The fourth-order valence-electron chi connectivity index (χ4n) is 3.16. The minimum Gasteiger partial charge on any atom is -0.441 e. The fourth-order valence-corrected chi connectivity index (χ4v) is 3.16. The summed E-state index contributed by atoms with van der Waals surface area (Å²) in [5.74, 6) is 0.452. The monoisotopic (exact) mass is 391 g/mol. The number of benzene rings is 2. The van der Waals surface area contributed by atoms with Crippen molar-refractivity contribution < 1.29 is 13.6 Å². The molecular weight excluding hydrogens is 370 g/mol. The molecule has 0 aliphatic rings. The van der Waals surface area contributed by atoms with Gasteiger partial charge in [-0.25, -0.2) is 9.78 Å². The number of carbonyl (C=O) groups excluding carboxylic acids is 1. The van der Waals surface area contributed by atoms with Crippen LogP contribution in [0.25, 0.3) is 22.6 Å². The summed E-state index contributed by atoms with van der Waals surface area (Å²) in [6.45, 7) is 3.90. The minimum absolute atomic E-state index is 0.0880. The molecule has 1 N–H and O–H groups in total. The van der Waals surface area contributed by atoms with E-state index in [0.717, 1.165) is 12.0 Å². The summed E-state index contributed by atoms with van der Waals surface area (Å²) >= 11 is 0. The van der Waals surface area contributed by atoms with Crippen molar-refractivity contribution in [3.05, 3.63) is 70.0 Å². The minimum atomic E-state index is -0.443. The van der Waals surface area contributed by atoms with Gasteiger partial charge in [-0.2, -0.15) is 0 Å². The topological polar surface area (TPSA) is 90.3 Å². The van der Waals surface area contributed by atoms with Gasteiger partial charge in [0.15, 0.2) is 5.58 Å². The van der Waals surface area contributed by atoms with Crippen molar-refractivity contribution in [2.24, 2.45) is 7.05 Å². The quantitative estimate of drug-likeness (QED) is 0.558. The van der Waals surface area contributed by atoms with Crippen molar-refractivity contribution >= 4 is 22.7 Å². The number of carbonyl (C=O) groups is 1. The molecule has 7 heteroatoms. The van der Waals surface area contributed by atoms with Gasteiger partial charge < -0.3 is 14.2 Å². The third kappa shape index (κ3) is 3.71. The maximum absolute atomic E-state index is 12.5. The highest BCUT2D eigenvalue weighted by molar-refractivity contribution is 5.94. The van der Waals surface area contributed by atoms with Crippen LogP contribution in [0.15, 0.2) is 56.1 Å². The highest BCUT2D eigenvalue weighted by Crippen LogP contribution is 2.23. The number of aromatic nitrogens is 2. The summed E-state index contributed by atoms with van der Waals surface area (Å²) in [5, 5.41) is 2.83. The Kier molecular flexibility index (Phi) is 4.80. The van der Waals surface area contributed by atoms with Crippen LogP contribution in [0.4, 0.5) is 5.69 Å². The van der Waals surface area contributed by atoms with Gasteiger partial charge in [-0.15, -0.1) is 0 Å². The number of anilines is 1. The normalized spacial score (nSPS) is 11.1. The molecular formula is C22H21N3O4. The smallest absolute Gasteiger partial charge is 0.419 e. The van der Waals surface area contributed by atoms with Crippen molar-refractivity contribution in [1.82, 2.24) is 9.55 Å².